The van der Waals surface area contributed by atoms with E-state index in [1.54, 1.807) is 18.2 Å². The van der Waals surface area contributed by atoms with Crippen LogP contribution in [0.25, 0.3) is 0 Å². The minimum absolute atomic E-state index is 0.314. The predicted octanol–water partition coefficient (Wildman–Crippen LogP) is 2.65. The second-order valence-corrected chi connectivity index (χ2v) is 8.88. The number of nitrogens with zero attached hydrogens (tertiary/aromatic N) is 3. The lowest BCUT2D eigenvalue weighted by Crippen LogP contribution is -2.42. The molecule has 2 aliphatic carbocycles. The van der Waals surface area contributed by atoms with Crippen LogP contribution < -0.4 is 4.74 Å². The number of methoxy groups -OCH3 is 1. The first-order valence-electron chi connectivity index (χ1n) is 10.9. The Hall–Kier alpha value is -2.38. The highest BCUT2D eigenvalue weighted by molar-refractivity contribution is 5.92. The summed E-state index contributed by atoms with van der Waals surface area (Å²) in [4.78, 5) is 19.1. The molecule has 0 bridgehead atoms. The van der Waals surface area contributed by atoms with Gasteiger partial charge in [0.05, 0.1) is 19.8 Å². The standard InChI is InChI=1S/C23H29N3O4/c1-29-23(28)18-4-2-3-5-20(18)30-21-11-16-13-25(12-15(16)10-19(21)27)14-22-24-8-9-26(22)17-6-7-17/h2-5,8-9,15-17,19,21,27H,6-7,10-14H2,1H3/t15-,16+,19+,21+/m0/s1. The molecule has 5 rings (SSSR count). The van der Waals surface area contributed by atoms with Gasteiger partial charge in [0.15, 0.2) is 0 Å². The first kappa shape index (κ1) is 19.6. The van der Waals surface area contributed by atoms with Gasteiger partial charge in [-0.05, 0) is 49.7 Å². The van der Waals surface area contributed by atoms with Crippen LogP contribution in [0.4, 0.5) is 0 Å². The monoisotopic (exact) mass is 411 g/mol. The number of likely N-dealkylation sites (tertiary alicyclic amines) is 1. The number of para-hydroxylation sites is 1. The largest absolute Gasteiger partial charge is 0.487 e. The number of carbonyl (C=O) groups excluding carboxylic acids is 1. The molecule has 2 aromatic rings. The normalized spacial score (nSPS) is 28.9. The van der Waals surface area contributed by atoms with Crippen molar-refractivity contribution in [2.75, 3.05) is 20.2 Å². The maximum atomic E-state index is 12.0. The van der Waals surface area contributed by atoms with Gasteiger partial charge in [0, 0.05) is 31.5 Å². The van der Waals surface area contributed by atoms with Crippen molar-refractivity contribution < 1.29 is 19.4 Å². The number of hydrogen-bond donors (Lipinski definition) is 1. The lowest BCUT2D eigenvalue weighted by molar-refractivity contribution is -0.0237. The fourth-order valence-corrected chi connectivity index (χ4v) is 5.11. The first-order valence-corrected chi connectivity index (χ1v) is 10.9. The number of imidazole rings is 1. The van der Waals surface area contributed by atoms with E-state index in [2.05, 4.69) is 20.6 Å². The Morgan fingerprint density at radius 3 is 2.73 bits per heavy atom. The number of aromatic nitrogens is 2. The van der Waals surface area contributed by atoms with E-state index in [0.717, 1.165) is 38.3 Å². The van der Waals surface area contributed by atoms with Gasteiger partial charge in [0.1, 0.15) is 23.2 Å². The van der Waals surface area contributed by atoms with Gasteiger partial charge in [-0.25, -0.2) is 9.78 Å². The molecular weight excluding hydrogens is 382 g/mol. The molecule has 0 amide bonds. The van der Waals surface area contributed by atoms with E-state index in [1.165, 1.54) is 20.0 Å². The number of aliphatic hydroxyl groups excluding tert-OH is 1. The van der Waals surface area contributed by atoms with Crippen molar-refractivity contribution in [3.05, 3.63) is 48.0 Å². The highest BCUT2D eigenvalue weighted by atomic mass is 16.5. The average Bonchev–Trinajstić information content (AvgIpc) is 3.37. The quantitative estimate of drug-likeness (QED) is 0.737. The molecule has 0 spiro atoms. The third-order valence-electron chi connectivity index (χ3n) is 6.79. The Labute approximate surface area is 176 Å². The molecule has 30 heavy (non-hydrogen) atoms. The summed E-state index contributed by atoms with van der Waals surface area (Å²) in [6.45, 7) is 2.85. The van der Waals surface area contributed by atoms with Crippen LogP contribution in [0, 0.1) is 11.8 Å². The minimum atomic E-state index is -0.537. The Morgan fingerprint density at radius 1 is 1.20 bits per heavy atom. The molecule has 2 saturated carbocycles. The van der Waals surface area contributed by atoms with E-state index in [9.17, 15) is 9.90 Å². The Balaban J connectivity index is 1.24. The van der Waals surface area contributed by atoms with Crippen molar-refractivity contribution in [2.24, 2.45) is 11.8 Å². The van der Waals surface area contributed by atoms with Gasteiger partial charge in [0.25, 0.3) is 0 Å². The highest BCUT2D eigenvalue weighted by Gasteiger charge is 2.43. The van der Waals surface area contributed by atoms with Crippen LogP contribution in [0.5, 0.6) is 5.75 Å². The number of hydrogen-bond acceptors (Lipinski definition) is 6. The van der Waals surface area contributed by atoms with Gasteiger partial charge in [0.2, 0.25) is 0 Å². The van der Waals surface area contributed by atoms with Crippen molar-refractivity contribution in [1.29, 1.82) is 0 Å². The topological polar surface area (TPSA) is 76.8 Å². The van der Waals surface area contributed by atoms with Gasteiger partial charge in [-0.3, -0.25) is 4.90 Å². The number of carbonyl (C=O) groups is 1. The van der Waals surface area contributed by atoms with Crippen LogP contribution in [-0.2, 0) is 11.3 Å². The van der Waals surface area contributed by atoms with E-state index in [4.69, 9.17) is 9.47 Å². The SMILES string of the molecule is COC(=O)c1ccccc1O[C@@H]1C[C@@H]2CN(Cc3nccn3C3CC3)C[C@@H]2C[C@H]1O. The third kappa shape index (κ3) is 3.84. The molecule has 1 saturated heterocycles. The predicted molar refractivity (Wildman–Crippen MR) is 110 cm³/mol. The zero-order valence-electron chi connectivity index (χ0n) is 17.3. The summed E-state index contributed by atoms with van der Waals surface area (Å²) in [5, 5.41) is 10.8. The molecule has 160 valence electrons. The number of aliphatic hydroxyl groups is 1. The lowest BCUT2D eigenvalue weighted by atomic mass is 9.78. The van der Waals surface area contributed by atoms with E-state index in [-0.39, 0.29) is 6.10 Å². The summed E-state index contributed by atoms with van der Waals surface area (Å²) in [6, 6.07) is 7.72. The van der Waals surface area contributed by atoms with Crippen molar-refractivity contribution in [3.63, 3.8) is 0 Å². The van der Waals surface area contributed by atoms with E-state index in [1.807, 2.05) is 12.3 Å². The number of benzene rings is 1. The summed E-state index contributed by atoms with van der Waals surface area (Å²) < 4.78 is 13.3. The maximum Gasteiger partial charge on any atom is 0.341 e. The molecular formula is C23H29N3O4. The van der Waals surface area contributed by atoms with Gasteiger partial charge >= 0.3 is 5.97 Å². The average molecular weight is 412 g/mol. The highest BCUT2D eigenvalue weighted by Crippen LogP contribution is 2.40. The molecule has 7 heteroatoms. The number of rotatable bonds is 6. The van der Waals surface area contributed by atoms with Crippen LogP contribution in [-0.4, -0.2) is 57.9 Å². The van der Waals surface area contributed by atoms with Gasteiger partial charge < -0.3 is 19.1 Å². The fourth-order valence-electron chi connectivity index (χ4n) is 5.11. The molecule has 0 unspecified atom stereocenters. The molecule has 0 radical (unpaired) electrons. The van der Waals surface area contributed by atoms with Crippen molar-refractivity contribution in [2.45, 2.75) is 50.5 Å². The number of ether oxygens (including phenoxy) is 2. The second kappa shape index (κ2) is 8.04. The van der Waals surface area contributed by atoms with Crippen LogP contribution >= 0.6 is 0 Å². The van der Waals surface area contributed by atoms with Crippen molar-refractivity contribution >= 4 is 5.97 Å². The van der Waals surface area contributed by atoms with Crippen LogP contribution in [0.15, 0.2) is 36.7 Å². The zero-order chi connectivity index (χ0) is 20.7. The summed E-state index contributed by atoms with van der Waals surface area (Å²) in [6.07, 6.45) is 7.18. The first-order chi connectivity index (χ1) is 14.6. The summed E-state index contributed by atoms with van der Waals surface area (Å²) in [5.74, 6) is 2.16. The Kier molecular flexibility index (Phi) is 5.25. The molecule has 2 heterocycles. The molecule has 1 N–H and O–H groups in total. The van der Waals surface area contributed by atoms with Crippen molar-refractivity contribution in [3.8, 4) is 5.75 Å². The van der Waals surface area contributed by atoms with Gasteiger partial charge in [-0.15, -0.1) is 0 Å². The molecule has 7 nitrogen and oxygen atoms in total. The summed E-state index contributed by atoms with van der Waals surface area (Å²) >= 11 is 0. The summed E-state index contributed by atoms with van der Waals surface area (Å²) in [5.41, 5.74) is 0.397. The molecule has 1 aromatic heterocycles. The second-order valence-electron chi connectivity index (χ2n) is 8.88. The van der Waals surface area contributed by atoms with Crippen LogP contribution in [0.2, 0.25) is 0 Å². The van der Waals surface area contributed by atoms with Crippen molar-refractivity contribution in [1.82, 2.24) is 14.5 Å². The van der Waals surface area contributed by atoms with Crippen LogP contribution in [0.3, 0.4) is 0 Å². The van der Waals surface area contributed by atoms with E-state index < -0.39 is 12.1 Å². The zero-order valence-corrected chi connectivity index (χ0v) is 17.3. The third-order valence-corrected chi connectivity index (χ3v) is 6.79. The number of esters is 1. The van der Waals surface area contributed by atoms with E-state index in [0.29, 0.717) is 29.2 Å². The molecule has 1 aliphatic heterocycles. The summed E-state index contributed by atoms with van der Waals surface area (Å²) in [7, 11) is 1.36. The molecule has 1 aromatic carbocycles. The van der Waals surface area contributed by atoms with Crippen LogP contribution in [0.1, 0.15) is 47.9 Å². The lowest BCUT2D eigenvalue weighted by Gasteiger charge is -2.35. The van der Waals surface area contributed by atoms with Gasteiger partial charge in [-0.1, -0.05) is 12.1 Å². The molecule has 3 fully saturated rings. The smallest absolute Gasteiger partial charge is 0.341 e. The van der Waals surface area contributed by atoms with E-state index >= 15 is 0 Å². The number of fused-ring (bicyclic) bond motifs is 1. The molecule has 4 atom stereocenters. The minimum Gasteiger partial charge on any atom is -0.487 e. The maximum absolute atomic E-state index is 12.0. The van der Waals surface area contributed by atoms with Gasteiger partial charge in [-0.2, -0.15) is 0 Å². The Morgan fingerprint density at radius 2 is 1.97 bits per heavy atom. The Bertz CT molecular complexity index is 909. The fraction of sp³-hybridized carbons (Fsp3) is 0.565. The molecule has 3 aliphatic rings.